The van der Waals surface area contributed by atoms with Crippen LogP contribution < -0.4 is 0 Å². The van der Waals surface area contributed by atoms with Crippen LogP contribution in [0.5, 0.6) is 0 Å². The molecule has 1 atom stereocenters. The van der Waals surface area contributed by atoms with Gasteiger partial charge in [-0.05, 0) is 106 Å². The molecule has 0 bridgehead atoms. The predicted octanol–water partition coefficient (Wildman–Crippen LogP) is 13.5. The molecular formula is C55H39N5. The number of aromatic nitrogens is 5. The summed E-state index contributed by atoms with van der Waals surface area (Å²) >= 11 is 0. The molecule has 9 aromatic rings. The van der Waals surface area contributed by atoms with E-state index in [2.05, 4.69) is 162 Å². The first-order valence-electron chi connectivity index (χ1n) is 20.2. The third-order valence-corrected chi connectivity index (χ3v) is 11.0. The van der Waals surface area contributed by atoms with E-state index in [4.69, 9.17) is 15.0 Å². The van der Waals surface area contributed by atoms with E-state index < -0.39 is 0 Å². The summed E-state index contributed by atoms with van der Waals surface area (Å²) in [6.07, 6.45) is 11.3. The Hall–Kier alpha value is -7.89. The number of hydrogen-bond acceptors (Lipinski definition) is 5. The van der Waals surface area contributed by atoms with E-state index >= 15 is 0 Å². The maximum atomic E-state index is 5.33. The summed E-state index contributed by atoms with van der Waals surface area (Å²) in [4.78, 5) is 24.9. The first kappa shape index (κ1) is 36.5. The van der Waals surface area contributed by atoms with Crippen molar-refractivity contribution >= 4 is 5.57 Å². The molecule has 3 heterocycles. The second-order valence-electron chi connectivity index (χ2n) is 14.9. The summed E-state index contributed by atoms with van der Waals surface area (Å²) in [6.45, 7) is 0. The van der Waals surface area contributed by atoms with Crippen molar-refractivity contribution in [3.8, 4) is 78.8 Å². The summed E-state index contributed by atoms with van der Waals surface area (Å²) < 4.78 is 0. The summed E-state index contributed by atoms with van der Waals surface area (Å²) in [6, 6.07) is 65.3. The third kappa shape index (κ3) is 7.85. The fraction of sp³-hybridized carbons (Fsp3) is 0.0364. The fourth-order valence-corrected chi connectivity index (χ4v) is 7.82. The Morgan fingerprint density at radius 3 is 1.32 bits per heavy atom. The highest BCUT2D eigenvalue weighted by atomic mass is 15.0. The van der Waals surface area contributed by atoms with E-state index in [0.717, 1.165) is 79.0 Å². The van der Waals surface area contributed by atoms with Crippen LogP contribution in [0.15, 0.2) is 219 Å². The molecule has 5 heteroatoms. The SMILES string of the molecule is C1=CC(c2cc(-c3ccccc3)cc(-c3nc(-c4ccccc4)nc(-c4cc(-c5ccccc5)cc(-c5ccc(-c6ccccn6)cc5)c4)n3)c2)CC=C1c1ccccn1. The molecule has 60 heavy (non-hydrogen) atoms. The van der Waals surface area contributed by atoms with Gasteiger partial charge in [-0.3, -0.25) is 9.97 Å². The van der Waals surface area contributed by atoms with Crippen molar-refractivity contribution in [1.82, 2.24) is 24.9 Å². The molecule has 1 aliphatic carbocycles. The average Bonchev–Trinajstić information content (AvgIpc) is 3.35. The van der Waals surface area contributed by atoms with E-state index in [1.807, 2.05) is 67.0 Å². The summed E-state index contributed by atoms with van der Waals surface area (Å²) in [7, 11) is 0. The minimum absolute atomic E-state index is 0.170. The largest absolute Gasteiger partial charge is 0.256 e. The van der Waals surface area contributed by atoms with E-state index in [9.17, 15) is 0 Å². The van der Waals surface area contributed by atoms with E-state index in [-0.39, 0.29) is 5.92 Å². The zero-order chi connectivity index (χ0) is 40.1. The molecule has 284 valence electrons. The zero-order valence-electron chi connectivity index (χ0n) is 32.8. The van der Waals surface area contributed by atoms with Crippen LogP contribution >= 0.6 is 0 Å². The van der Waals surface area contributed by atoms with Crippen molar-refractivity contribution in [3.63, 3.8) is 0 Å². The van der Waals surface area contributed by atoms with E-state index in [0.29, 0.717) is 17.5 Å². The Kier molecular flexibility index (Phi) is 10.0. The van der Waals surface area contributed by atoms with Gasteiger partial charge in [0.15, 0.2) is 17.5 Å². The second-order valence-corrected chi connectivity index (χ2v) is 14.9. The van der Waals surface area contributed by atoms with Crippen molar-refractivity contribution in [2.75, 3.05) is 0 Å². The van der Waals surface area contributed by atoms with Crippen LogP contribution in [0.2, 0.25) is 0 Å². The molecule has 0 radical (unpaired) electrons. The smallest absolute Gasteiger partial charge is 0.164 e. The zero-order valence-corrected chi connectivity index (χ0v) is 32.8. The van der Waals surface area contributed by atoms with Crippen LogP contribution in [0.1, 0.15) is 23.6 Å². The Labute approximate surface area is 350 Å². The lowest BCUT2D eigenvalue weighted by Crippen LogP contribution is -2.03. The first-order chi connectivity index (χ1) is 29.7. The summed E-state index contributed by atoms with van der Waals surface area (Å²) in [5.41, 5.74) is 14.7. The molecule has 1 unspecified atom stereocenters. The molecular weight excluding hydrogens is 731 g/mol. The minimum atomic E-state index is 0.170. The molecule has 5 nitrogen and oxygen atoms in total. The highest BCUT2D eigenvalue weighted by Crippen LogP contribution is 2.38. The molecule has 0 saturated heterocycles. The van der Waals surface area contributed by atoms with Gasteiger partial charge in [0.05, 0.1) is 11.4 Å². The molecule has 0 N–H and O–H groups in total. The molecule has 0 saturated carbocycles. The lowest BCUT2D eigenvalue weighted by atomic mass is 9.86. The number of allylic oxidation sites excluding steroid dienone is 4. The maximum absolute atomic E-state index is 5.33. The molecule has 1 aliphatic rings. The Morgan fingerprint density at radius 2 is 0.783 bits per heavy atom. The van der Waals surface area contributed by atoms with Crippen LogP contribution in [0.3, 0.4) is 0 Å². The van der Waals surface area contributed by atoms with Crippen molar-refractivity contribution in [2.24, 2.45) is 0 Å². The Balaban J connectivity index is 1.12. The number of benzene rings is 6. The molecule has 3 aromatic heterocycles. The van der Waals surface area contributed by atoms with Crippen LogP contribution in [0, 0.1) is 0 Å². The van der Waals surface area contributed by atoms with Gasteiger partial charge >= 0.3 is 0 Å². The minimum Gasteiger partial charge on any atom is -0.256 e. The number of rotatable bonds is 9. The highest BCUT2D eigenvalue weighted by Gasteiger charge is 2.19. The topological polar surface area (TPSA) is 64.5 Å². The van der Waals surface area contributed by atoms with Crippen molar-refractivity contribution in [1.29, 1.82) is 0 Å². The van der Waals surface area contributed by atoms with Gasteiger partial charge in [0.25, 0.3) is 0 Å². The van der Waals surface area contributed by atoms with Crippen LogP contribution in [0.25, 0.3) is 84.4 Å². The number of hydrogen-bond donors (Lipinski definition) is 0. The van der Waals surface area contributed by atoms with Gasteiger partial charge in [-0.2, -0.15) is 0 Å². The number of pyridine rings is 2. The molecule has 0 amide bonds. The average molecular weight is 770 g/mol. The van der Waals surface area contributed by atoms with Crippen molar-refractivity contribution < 1.29 is 0 Å². The standard InChI is InChI=1S/C55H39N5/c1-4-14-38(15-5-1)45-32-47(40-22-26-42(27-23-40)51-20-10-12-30-56-51)36-49(34-45)54-58-53(44-18-8-3-9-19-44)59-55(60-54)50-35-46(39-16-6-2-7-17-39)33-48(37-50)41-24-28-43(29-25-41)52-21-11-13-31-57-52/h1-24,26-37,41H,25H2. The molecule has 6 aromatic carbocycles. The van der Waals surface area contributed by atoms with Crippen LogP contribution in [0.4, 0.5) is 0 Å². The molecule has 10 rings (SSSR count). The monoisotopic (exact) mass is 769 g/mol. The summed E-state index contributed by atoms with van der Waals surface area (Å²) in [5.74, 6) is 2.02. The van der Waals surface area contributed by atoms with Gasteiger partial charge in [0.1, 0.15) is 0 Å². The van der Waals surface area contributed by atoms with Gasteiger partial charge in [0.2, 0.25) is 0 Å². The van der Waals surface area contributed by atoms with E-state index in [1.165, 1.54) is 5.56 Å². The van der Waals surface area contributed by atoms with E-state index in [1.54, 1.807) is 0 Å². The Bertz CT molecular complexity index is 2970. The van der Waals surface area contributed by atoms with Gasteiger partial charge in [-0.15, -0.1) is 0 Å². The van der Waals surface area contributed by atoms with Crippen LogP contribution in [-0.2, 0) is 0 Å². The fourth-order valence-electron chi connectivity index (χ4n) is 7.82. The third-order valence-electron chi connectivity index (χ3n) is 11.0. The van der Waals surface area contributed by atoms with Gasteiger partial charge < -0.3 is 0 Å². The molecule has 0 spiro atoms. The van der Waals surface area contributed by atoms with Crippen molar-refractivity contribution in [2.45, 2.75) is 12.3 Å². The second kappa shape index (κ2) is 16.5. The molecule has 0 aliphatic heterocycles. The predicted molar refractivity (Wildman–Crippen MR) is 244 cm³/mol. The van der Waals surface area contributed by atoms with Crippen molar-refractivity contribution in [3.05, 3.63) is 230 Å². The lowest BCUT2D eigenvalue weighted by molar-refractivity contribution is 0.856. The number of nitrogens with zero attached hydrogens (tertiary/aromatic N) is 5. The quantitative estimate of drug-likeness (QED) is 0.146. The van der Waals surface area contributed by atoms with Gasteiger partial charge in [0, 0.05) is 40.6 Å². The first-order valence-corrected chi connectivity index (χ1v) is 20.2. The summed E-state index contributed by atoms with van der Waals surface area (Å²) in [5, 5.41) is 0. The van der Waals surface area contributed by atoms with Gasteiger partial charge in [-0.25, -0.2) is 15.0 Å². The Morgan fingerprint density at radius 1 is 0.350 bits per heavy atom. The highest BCUT2D eigenvalue weighted by molar-refractivity contribution is 5.82. The lowest BCUT2D eigenvalue weighted by Gasteiger charge is -2.19. The van der Waals surface area contributed by atoms with Crippen LogP contribution in [-0.4, -0.2) is 24.9 Å². The maximum Gasteiger partial charge on any atom is 0.164 e. The molecule has 0 fully saturated rings. The van der Waals surface area contributed by atoms with Gasteiger partial charge in [-0.1, -0.05) is 152 Å². The normalized spacial score (nSPS) is 13.5.